The summed E-state index contributed by atoms with van der Waals surface area (Å²) in [5.74, 6) is -0.882. The van der Waals surface area contributed by atoms with E-state index in [2.05, 4.69) is 0 Å². The molecule has 1 aromatic rings. The smallest absolute Gasteiger partial charge is 0.410 e. The van der Waals surface area contributed by atoms with Crippen LogP contribution in [0.3, 0.4) is 0 Å². The van der Waals surface area contributed by atoms with Crippen molar-refractivity contribution >= 4 is 23.7 Å². The van der Waals surface area contributed by atoms with Crippen molar-refractivity contribution in [2.24, 2.45) is 0 Å². The summed E-state index contributed by atoms with van der Waals surface area (Å²) in [6, 6.07) is 7.22. The maximum Gasteiger partial charge on any atom is 0.410 e. The van der Waals surface area contributed by atoms with Crippen LogP contribution in [0, 0.1) is 0 Å². The van der Waals surface area contributed by atoms with Crippen LogP contribution in [0.2, 0.25) is 5.02 Å². The Morgan fingerprint density at radius 2 is 2.11 bits per heavy atom. The van der Waals surface area contributed by atoms with Crippen LogP contribution < -0.4 is 0 Å². The number of hydrogen-bond donors (Lipinski definition) is 1. The van der Waals surface area contributed by atoms with E-state index in [1.165, 1.54) is 0 Å². The molecule has 1 aromatic carbocycles. The lowest BCUT2D eigenvalue weighted by molar-refractivity contribution is -0.137. The van der Waals surface area contributed by atoms with Gasteiger partial charge in [-0.05, 0) is 24.1 Å². The van der Waals surface area contributed by atoms with Gasteiger partial charge < -0.3 is 14.7 Å². The van der Waals surface area contributed by atoms with E-state index in [-0.39, 0.29) is 12.5 Å². The normalized spacial score (nSPS) is 18.5. The van der Waals surface area contributed by atoms with Crippen molar-refractivity contribution in [1.29, 1.82) is 0 Å². The Morgan fingerprint density at radius 1 is 1.42 bits per heavy atom. The number of carboxylic acid groups (broad SMARTS) is 1. The molecule has 1 saturated heterocycles. The van der Waals surface area contributed by atoms with E-state index in [0.29, 0.717) is 24.5 Å². The number of carboxylic acids is 1. The van der Waals surface area contributed by atoms with Crippen LogP contribution in [0.1, 0.15) is 18.4 Å². The third-order valence-corrected chi connectivity index (χ3v) is 3.17. The van der Waals surface area contributed by atoms with E-state index in [1.54, 1.807) is 17.0 Å². The van der Waals surface area contributed by atoms with Gasteiger partial charge in [-0.3, -0.25) is 4.79 Å². The minimum Gasteiger partial charge on any atom is -0.481 e. The van der Waals surface area contributed by atoms with Crippen LogP contribution in [0.25, 0.3) is 0 Å². The van der Waals surface area contributed by atoms with E-state index in [1.807, 2.05) is 12.1 Å². The maximum atomic E-state index is 11.6. The number of aliphatic carboxylic acids is 1. The van der Waals surface area contributed by atoms with Gasteiger partial charge in [-0.2, -0.15) is 0 Å². The largest absolute Gasteiger partial charge is 0.481 e. The van der Waals surface area contributed by atoms with Crippen molar-refractivity contribution in [1.82, 2.24) is 4.90 Å². The van der Waals surface area contributed by atoms with Gasteiger partial charge in [0.15, 0.2) is 0 Å². The second kappa shape index (κ2) is 5.93. The van der Waals surface area contributed by atoms with Crippen molar-refractivity contribution in [2.75, 3.05) is 6.54 Å². The summed E-state index contributed by atoms with van der Waals surface area (Å²) in [6.45, 7) is 0.869. The average molecular weight is 284 g/mol. The van der Waals surface area contributed by atoms with Crippen LogP contribution in [0.5, 0.6) is 0 Å². The highest BCUT2D eigenvalue weighted by Gasteiger charge is 2.31. The minimum atomic E-state index is -0.882. The van der Waals surface area contributed by atoms with E-state index >= 15 is 0 Å². The highest BCUT2D eigenvalue weighted by molar-refractivity contribution is 6.30. The van der Waals surface area contributed by atoms with Crippen molar-refractivity contribution in [3.05, 3.63) is 34.9 Å². The first-order valence-electron chi connectivity index (χ1n) is 5.96. The number of rotatable bonds is 5. The van der Waals surface area contributed by atoms with E-state index in [0.717, 1.165) is 5.56 Å². The summed E-state index contributed by atoms with van der Waals surface area (Å²) in [7, 11) is 0. The van der Waals surface area contributed by atoms with Crippen molar-refractivity contribution < 1.29 is 19.4 Å². The summed E-state index contributed by atoms with van der Waals surface area (Å²) in [4.78, 5) is 23.7. The third kappa shape index (κ3) is 3.86. The molecule has 19 heavy (non-hydrogen) atoms. The van der Waals surface area contributed by atoms with Gasteiger partial charge in [0.1, 0.15) is 6.10 Å². The van der Waals surface area contributed by atoms with Crippen LogP contribution in [0.4, 0.5) is 4.79 Å². The van der Waals surface area contributed by atoms with E-state index < -0.39 is 12.1 Å². The Balaban J connectivity index is 1.89. The highest BCUT2D eigenvalue weighted by atomic mass is 35.5. The third-order valence-electron chi connectivity index (χ3n) is 2.92. The standard InChI is InChI=1S/C13H14ClNO4/c14-10-3-1-9(2-4-10)7-15-8-11(19-13(15)18)5-6-12(16)17/h1-4,11H,5-8H2,(H,16,17). The topological polar surface area (TPSA) is 66.8 Å². The molecule has 0 aromatic heterocycles. The molecule has 2 rings (SSSR count). The average Bonchev–Trinajstić information content (AvgIpc) is 2.71. The molecular weight excluding hydrogens is 270 g/mol. The summed E-state index contributed by atoms with van der Waals surface area (Å²) in [6.07, 6.45) is -0.383. The highest BCUT2D eigenvalue weighted by Crippen LogP contribution is 2.19. The SMILES string of the molecule is O=C(O)CCC1CN(Cc2ccc(Cl)cc2)C(=O)O1. The lowest BCUT2D eigenvalue weighted by Gasteiger charge is -2.12. The van der Waals surface area contributed by atoms with Crippen LogP contribution in [-0.2, 0) is 16.1 Å². The number of amides is 1. The number of cyclic esters (lactones) is 1. The van der Waals surface area contributed by atoms with Gasteiger partial charge in [-0.1, -0.05) is 23.7 Å². The fourth-order valence-corrected chi connectivity index (χ4v) is 2.07. The van der Waals surface area contributed by atoms with Gasteiger partial charge >= 0.3 is 12.1 Å². The molecular formula is C13H14ClNO4. The number of halogens is 1. The summed E-state index contributed by atoms with van der Waals surface area (Å²) < 4.78 is 5.12. The fraction of sp³-hybridized carbons (Fsp3) is 0.385. The Morgan fingerprint density at radius 3 is 2.74 bits per heavy atom. The molecule has 1 amide bonds. The van der Waals surface area contributed by atoms with Crippen molar-refractivity contribution in [3.8, 4) is 0 Å². The molecule has 0 radical (unpaired) electrons. The minimum absolute atomic E-state index is 0.00668. The first-order valence-corrected chi connectivity index (χ1v) is 6.34. The molecule has 1 unspecified atom stereocenters. The maximum absolute atomic E-state index is 11.6. The van der Waals surface area contributed by atoms with Gasteiger partial charge in [0, 0.05) is 18.0 Å². The molecule has 0 saturated carbocycles. The van der Waals surface area contributed by atoms with Gasteiger partial charge in [-0.25, -0.2) is 4.79 Å². The lowest BCUT2D eigenvalue weighted by Crippen LogP contribution is -2.24. The second-order valence-electron chi connectivity index (χ2n) is 4.45. The second-order valence-corrected chi connectivity index (χ2v) is 4.88. The fourth-order valence-electron chi connectivity index (χ4n) is 1.95. The molecule has 0 bridgehead atoms. The zero-order valence-corrected chi connectivity index (χ0v) is 11.0. The molecule has 6 heteroatoms. The predicted octanol–water partition coefficient (Wildman–Crippen LogP) is 2.53. The molecule has 1 N–H and O–H groups in total. The Hall–Kier alpha value is -1.75. The number of carbonyl (C=O) groups excluding carboxylic acids is 1. The van der Waals surface area contributed by atoms with Crippen LogP contribution in [0.15, 0.2) is 24.3 Å². The number of carbonyl (C=O) groups is 2. The van der Waals surface area contributed by atoms with Gasteiger partial charge in [-0.15, -0.1) is 0 Å². The summed E-state index contributed by atoms with van der Waals surface area (Å²) in [5, 5.41) is 9.25. The molecule has 1 atom stereocenters. The summed E-state index contributed by atoms with van der Waals surface area (Å²) >= 11 is 5.79. The lowest BCUT2D eigenvalue weighted by atomic mass is 10.2. The molecule has 0 spiro atoms. The van der Waals surface area contributed by atoms with E-state index in [4.69, 9.17) is 21.4 Å². The summed E-state index contributed by atoms with van der Waals surface area (Å²) in [5.41, 5.74) is 0.959. The first-order chi connectivity index (χ1) is 9.04. The number of benzene rings is 1. The Kier molecular flexibility index (Phi) is 4.27. The number of ether oxygens (including phenoxy) is 1. The molecule has 1 aliphatic rings. The van der Waals surface area contributed by atoms with Gasteiger partial charge in [0.05, 0.1) is 6.54 Å². The van der Waals surface area contributed by atoms with Crippen molar-refractivity contribution in [3.63, 3.8) is 0 Å². The molecule has 102 valence electrons. The Labute approximate surface area is 115 Å². The van der Waals surface area contributed by atoms with Crippen molar-refractivity contribution in [2.45, 2.75) is 25.5 Å². The van der Waals surface area contributed by atoms with E-state index in [9.17, 15) is 9.59 Å². The van der Waals surface area contributed by atoms with Gasteiger partial charge in [0.2, 0.25) is 0 Å². The molecule has 1 fully saturated rings. The molecule has 1 aliphatic heterocycles. The molecule has 5 nitrogen and oxygen atoms in total. The monoisotopic (exact) mass is 283 g/mol. The quantitative estimate of drug-likeness (QED) is 0.902. The molecule has 1 heterocycles. The zero-order valence-electron chi connectivity index (χ0n) is 10.2. The van der Waals surface area contributed by atoms with Crippen LogP contribution in [-0.4, -0.2) is 34.7 Å². The van der Waals surface area contributed by atoms with Gasteiger partial charge in [0.25, 0.3) is 0 Å². The molecule has 0 aliphatic carbocycles. The Bertz CT molecular complexity index is 474. The first kappa shape index (κ1) is 13.7. The van der Waals surface area contributed by atoms with Crippen LogP contribution >= 0.6 is 11.6 Å². The number of hydrogen-bond acceptors (Lipinski definition) is 3. The predicted molar refractivity (Wildman–Crippen MR) is 69.0 cm³/mol. The zero-order chi connectivity index (χ0) is 13.8. The number of nitrogens with zero attached hydrogens (tertiary/aromatic N) is 1.